The van der Waals surface area contributed by atoms with Crippen molar-refractivity contribution < 1.29 is 19.4 Å². The molecule has 0 heterocycles. The fourth-order valence-electron chi connectivity index (χ4n) is 2.84. The summed E-state index contributed by atoms with van der Waals surface area (Å²) in [7, 11) is 1.14. The standard InChI is InChI=1S/C15H22N2O4/c1-10(2)6-14(7-11(3)4,13(20)21-5)15(8-16,9-17)12(18)19/h10-11H,6-7H2,1-5H3,(H,18,19). The zero-order valence-corrected chi connectivity index (χ0v) is 13.1. The van der Waals surface area contributed by atoms with E-state index in [1.54, 1.807) is 39.8 Å². The van der Waals surface area contributed by atoms with Crippen LogP contribution in [0.1, 0.15) is 40.5 Å². The first kappa shape index (κ1) is 18.9. The smallest absolute Gasteiger partial charge is 0.340 e. The molecule has 0 aromatic carbocycles. The van der Waals surface area contributed by atoms with E-state index in [-0.39, 0.29) is 24.7 Å². The monoisotopic (exact) mass is 294 g/mol. The van der Waals surface area contributed by atoms with Crippen LogP contribution in [0.5, 0.6) is 0 Å². The SMILES string of the molecule is COC(=O)C(CC(C)C)(CC(C)C)C(C#N)(C#N)C(=O)O. The largest absolute Gasteiger partial charge is 0.479 e. The van der Waals surface area contributed by atoms with Crippen LogP contribution in [0.3, 0.4) is 0 Å². The third kappa shape index (κ3) is 3.33. The molecule has 0 atom stereocenters. The number of nitrogens with zero attached hydrogens (tertiary/aromatic N) is 2. The molecule has 0 aliphatic carbocycles. The van der Waals surface area contributed by atoms with Crippen LogP contribution in [0.4, 0.5) is 0 Å². The van der Waals surface area contributed by atoms with Gasteiger partial charge < -0.3 is 9.84 Å². The van der Waals surface area contributed by atoms with Gasteiger partial charge in [0.25, 0.3) is 5.41 Å². The minimum absolute atomic E-state index is 0.0803. The number of rotatable bonds is 7. The van der Waals surface area contributed by atoms with Crippen molar-refractivity contribution in [1.29, 1.82) is 10.5 Å². The Morgan fingerprint density at radius 3 is 1.67 bits per heavy atom. The lowest BCUT2D eigenvalue weighted by molar-refractivity contribution is -0.170. The van der Waals surface area contributed by atoms with Crippen molar-refractivity contribution in [3.63, 3.8) is 0 Å². The Morgan fingerprint density at radius 1 is 1.10 bits per heavy atom. The Morgan fingerprint density at radius 2 is 1.48 bits per heavy atom. The number of hydrogen-bond donors (Lipinski definition) is 1. The van der Waals surface area contributed by atoms with E-state index < -0.39 is 22.8 Å². The van der Waals surface area contributed by atoms with Gasteiger partial charge in [-0.2, -0.15) is 10.5 Å². The highest BCUT2D eigenvalue weighted by Gasteiger charge is 2.64. The molecule has 0 rings (SSSR count). The van der Waals surface area contributed by atoms with Gasteiger partial charge in [0.05, 0.1) is 19.2 Å². The predicted molar refractivity (Wildman–Crippen MR) is 74.7 cm³/mol. The summed E-state index contributed by atoms with van der Waals surface area (Å²) in [5.41, 5.74) is -4.16. The fourth-order valence-corrected chi connectivity index (χ4v) is 2.84. The molecule has 6 heteroatoms. The van der Waals surface area contributed by atoms with Gasteiger partial charge in [0.2, 0.25) is 0 Å². The second-order valence-electron chi connectivity index (χ2n) is 6.05. The van der Waals surface area contributed by atoms with Crippen molar-refractivity contribution in [2.45, 2.75) is 40.5 Å². The van der Waals surface area contributed by atoms with E-state index in [1.165, 1.54) is 0 Å². The summed E-state index contributed by atoms with van der Waals surface area (Å²) in [4.78, 5) is 24.0. The topological polar surface area (TPSA) is 111 Å². The summed E-state index contributed by atoms with van der Waals surface area (Å²) >= 11 is 0. The van der Waals surface area contributed by atoms with Crippen LogP contribution in [0.15, 0.2) is 0 Å². The summed E-state index contributed by atoms with van der Waals surface area (Å²) in [5.74, 6) is -2.60. The molecule has 0 aliphatic heterocycles. The first-order valence-electron chi connectivity index (χ1n) is 6.77. The fraction of sp³-hybridized carbons (Fsp3) is 0.733. The van der Waals surface area contributed by atoms with Crippen LogP contribution in [-0.4, -0.2) is 24.2 Å². The Kier molecular flexibility index (Phi) is 6.38. The van der Waals surface area contributed by atoms with Crippen LogP contribution in [-0.2, 0) is 14.3 Å². The lowest BCUT2D eigenvalue weighted by atomic mass is 9.58. The zero-order valence-electron chi connectivity index (χ0n) is 13.1. The van der Waals surface area contributed by atoms with Crippen LogP contribution < -0.4 is 0 Å². The number of carboxylic acid groups (broad SMARTS) is 1. The molecule has 116 valence electrons. The van der Waals surface area contributed by atoms with Crippen LogP contribution >= 0.6 is 0 Å². The van der Waals surface area contributed by atoms with E-state index in [2.05, 4.69) is 0 Å². The Labute approximate surface area is 125 Å². The number of esters is 1. The maximum Gasteiger partial charge on any atom is 0.340 e. The van der Waals surface area contributed by atoms with Crippen molar-refractivity contribution in [2.24, 2.45) is 22.7 Å². The number of hydrogen-bond acceptors (Lipinski definition) is 5. The molecule has 0 aromatic heterocycles. The zero-order chi connectivity index (χ0) is 16.8. The molecule has 6 nitrogen and oxygen atoms in total. The maximum absolute atomic E-state index is 12.4. The highest BCUT2D eigenvalue weighted by molar-refractivity contribution is 5.92. The normalized spacial score (nSPS) is 11.9. The van der Waals surface area contributed by atoms with Crippen LogP contribution in [0.25, 0.3) is 0 Å². The van der Waals surface area contributed by atoms with E-state index in [0.717, 1.165) is 7.11 Å². The second-order valence-corrected chi connectivity index (χ2v) is 6.05. The molecule has 0 saturated heterocycles. The van der Waals surface area contributed by atoms with Gasteiger partial charge in [0.15, 0.2) is 0 Å². The first-order chi connectivity index (χ1) is 9.63. The molecule has 0 aromatic rings. The van der Waals surface area contributed by atoms with Gasteiger partial charge in [-0.25, -0.2) is 4.79 Å². The molecule has 0 unspecified atom stereocenters. The Hall–Kier alpha value is -2.08. The number of methoxy groups -OCH3 is 1. The number of nitriles is 2. The van der Waals surface area contributed by atoms with E-state index >= 15 is 0 Å². The van der Waals surface area contributed by atoms with E-state index in [1.807, 2.05) is 0 Å². The Bertz CT molecular complexity index is 459. The highest BCUT2D eigenvalue weighted by Crippen LogP contribution is 2.49. The molecule has 0 amide bonds. The minimum Gasteiger partial charge on any atom is -0.479 e. The quantitative estimate of drug-likeness (QED) is 0.721. The predicted octanol–water partition coefficient (Wildman–Crippen LogP) is 2.36. The number of carboxylic acids is 1. The average molecular weight is 294 g/mol. The van der Waals surface area contributed by atoms with Crippen molar-refractivity contribution in [1.82, 2.24) is 0 Å². The van der Waals surface area contributed by atoms with Gasteiger partial charge in [0.1, 0.15) is 5.41 Å². The molecule has 1 N–H and O–H groups in total. The number of aliphatic carboxylic acids is 1. The highest BCUT2D eigenvalue weighted by atomic mass is 16.5. The molecule has 0 fully saturated rings. The summed E-state index contributed by atoms with van der Waals surface area (Å²) in [6, 6.07) is 3.14. The van der Waals surface area contributed by atoms with Gasteiger partial charge in [-0.3, -0.25) is 4.79 Å². The summed E-state index contributed by atoms with van der Waals surface area (Å²) in [6.07, 6.45) is 0.177. The second kappa shape index (κ2) is 7.08. The van der Waals surface area contributed by atoms with Gasteiger partial charge in [-0.15, -0.1) is 0 Å². The van der Waals surface area contributed by atoms with Gasteiger partial charge in [0, 0.05) is 0 Å². The molecule has 0 bridgehead atoms. The van der Waals surface area contributed by atoms with Crippen molar-refractivity contribution in [2.75, 3.05) is 7.11 Å². The average Bonchev–Trinajstić information content (AvgIpc) is 2.37. The van der Waals surface area contributed by atoms with E-state index in [0.29, 0.717) is 0 Å². The number of carbonyl (C=O) groups is 2. The van der Waals surface area contributed by atoms with Crippen LogP contribution in [0, 0.1) is 45.3 Å². The molecule has 0 radical (unpaired) electrons. The van der Waals surface area contributed by atoms with Gasteiger partial charge in [-0.1, -0.05) is 27.7 Å². The first-order valence-corrected chi connectivity index (χ1v) is 6.77. The van der Waals surface area contributed by atoms with Crippen LogP contribution in [0.2, 0.25) is 0 Å². The molecular weight excluding hydrogens is 272 g/mol. The summed E-state index contributed by atoms with van der Waals surface area (Å²) < 4.78 is 4.77. The van der Waals surface area contributed by atoms with E-state index in [9.17, 15) is 25.2 Å². The van der Waals surface area contributed by atoms with Gasteiger partial charge in [-0.05, 0) is 24.7 Å². The molecule has 0 saturated carbocycles. The molecular formula is C15H22N2O4. The summed E-state index contributed by atoms with van der Waals surface area (Å²) in [5, 5.41) is 28.3. The van der Waals surface area contributed by atoms with E-state index in [4.69, 9.17) is 4.74 Å². The lowest BCUT2D eigenvalue weighted by Gasteiger charge is -2.39. The van der Waals surface area contributed by atoms with Crippen molar-refractivity contribution in [3.05, 3.63) is 0 Å². The third-order valence-electron chi connectivity index (χ3n) is 3.46. The summed E-state index contributed by atoms with van der Waals surface area (Å²) in [6.45, 7) is 7.22. The lowest BCUT2D eigenvalue weighted by Crippen LogP contribution is -2.53. The minimum atomic E-state index is -2.46. The van der Waals surface area contributed by atoms with Gasteiger partial charge >= 0.3 is 11.9 Å². The van der Waals surface area contributed by atoms with Crippen molar-refractivity contribution >= 4 is 11.9 Å². The molecule has 0 aliphatic rings. The molecule has 21 heavy (non-hydrogen) atoms. The number of ether oxygens (including phenoxy) is 1. The maximum atomic E-state index is 12.4. The molecule has 0 spiro atoms. The van der Waals surface area contributed by atoms with Crippen molar-refractivity contribution in [3.8, 4) is 12.1 Å². The number of carbonyl (C=O) groups excluding carboxylic acids is 1. The third-order valence-corrected chi connectivity index (χ3v) is 3.46. The Balaban J connectivity index is 6.46.